The zero-order valence-electron chi connectivity index (χ0n) is 9.32. The first-order valence-corrected chi connectivity index (χ1v) is 6.00. The molecule has 1 saturated carbocycles. The highest BCUT2D eigenvalue weighted by molar-refractivity contribution is 5.12. The van der Waals surface area contributed by atoms with Crippen LogP contribution in [0.5, 0.6) is 0 Å². The van der Waals surface area contributed by atoms with Crippen LogP contribution in [0.2, 0.25) is 0 Å². The van der Waals surface area contributed by atoms with Crippen LogP contribution in [-0.4, -0.2) is 25.8 Å². The van der Waals surface area contributed by atoms with Crippen molar-refractivity contribution in [2.75, 3.05) is 19.8 Å². The molecular formula is C13H21NO. The number of hydrogen-bond donors (Lipinski definition) is 1. The van der Waals surface area contributed by atoms with E-state index in [2.05, 4.69) is 24.0 Å². The summed E-state index contributed by atoms with van der Waals surface area (Å²) in [4.78, 5) is 0. The third-order valence-corrected chi connectivity index (χ3v) is 3.48. The van der Waals surface area contributed by atoms with Crippen LogP contribution < -0.4 is 5.32 Å². The molecule has 0 aromatic carbocycles. The summed E-state index contributed by atoms with van der Waals surface area (Å²) in [5.74, 6) is 1.77. The molecule has 3 atom stereocenters. The van der Waals surface area contributed by atoms with Gasteiger partial charge < -0.3 is 10.1 Å². The highest BCUT2D eigenvalue weighted by Gasteiger charge is 2.40. The van der Waals surface area contributed by atoms with Crippen LogP contribution in [0.1, 0.15) is 19.3 Å². The van der Waals surface area contributed by atoms with Gasteiger partial charge in [0, 0.05) is 12.6 Å². The topological polar surface area (TPSA) is 21.3 Å². The van der Waals surface area contributed by atoms with Crippen molar-refractivity contribution in [3.05, 3.63) is 24.8 Å². The summed E-state index contributed by atoms with van der Waals surface area (Å²) in [7, 11) is 0. The molecule has 0 aromatic rings. The third kappa shape index (κ3) is 2.70. The lowest BCUT2D eigenvalue weighted by Gasteiger charge is -2.40. The van der Waals surface area contributed by atoms with Crippen LogP contribution in [0.3, 0.4) is 0 Å². The van der Waals surface area contributed by atoms with Gasteiger partial charge in [0.25, 0.3) is 0 Å². The Balaban J connectivity index is 1.48. The molecule has 2 aliphatic carbocycles. The molecule has 0 radical (unpaired) electrons. The maximum Gasteiger partial charge on any atom is 0.0591 e. The standard InChI is InChI=1S/C13H21NO/c1-2-3-8-15-9-7-14-13-10-11-5-4-6-12(11)13/h2,4,6,11-14H,1,3,5,7-10H2. The lowest BCUT2D eigenvalue weighted by Crippen LogP contribution is -2.48. The molecule has 0 saturated heterocycles. The second kappa shape index (κ2) is 5.47. The lowest BCUT2D eigenvalue weighted by molar-refractivity contribution is 0.115. The summed E-state index contributed by atoms with van der Waals surface area (Å²) in [6.45, 7) is 6.28. The van der Waals surface area contributed by atoms with E-state index in [1.165, 1.54) is 12.8 Å². The summed E-state index contributed by atoms with van der Waals surface area (Å²) < 4.78 is 5.45. The SMILES string of the molecule is C=CCCOCCNC1CC2CC=CC21. The van der Waals surface area contributed by atoms with Gasteiger partial charge in [0.05, 0.1) is 13.2 Å². The summed E-state index contributed by atoms with van der Waals surface area (Å²) in [5.41, 5.74) is 0. The van der Waals surface area contributed by atoms with Crippen molar-refractivity contribution in [3.8, 4) is 0 Å². The smallest absolute Gasteiger partial charge is 0.0591 e. The summed E-state index contributed by atoms with van der Waals surface area (Å²) in [6, 6.07) is 0.719. The van der Waals surface area contributed by atoms with E-state index < -0.39 is 0 Å². The quantitative estimate of drug-likeness (QED) is 0.510. The molecule has 0 bridgehead atoms. The molecule has 2 heteroatoms. The average molecular weight is 207 g/mol. The van der Waals surface area contributed by atoms with Crippen LogP contribution in [0.25, 0.3) is 0 Å². The zero-order chi connectivity index (χ0) is 10.5. The van der Waals surface area contributed by atoms with Crippen molar-refractivity contribution in [1.29, 1.82) is 0 Å². The number of fused-ring (bicyclic) bond motifs is 1. The first kappa shape index (κ1) is 10.9. The Bertz CT molecular complexity index is 237. The van der Waals surface area contributed by atoms with Crippen LogP contribution in [0, 0.1) is 11.8 Å². The van der Waals surface area contributed by atoms with E-state index in [0.717, 1.165) is 44.1 Å². The first-order valence-electron chi connectivity index (χ1n) is 6.00. The molecule has 3 unspecified atom stereocenters. The number of rotatable bonds is 7. The Morgan fingerprint density at radius 3 is 3.20 bits per heavy atom. The minimum atomic E-state index is 0.719. The normalized spacial score (nSPS) is 32.4. The number of nitrogens with one attached hydrogen (secondary N) is 1. The number of ether oxygens (including phenoxy) is 1. The molecular weight excluding hydrogens is 186 g/mol. The van der Waals surface area contributed by atoms with Crippen molar-refractivity contribution in [2.24, 2.45) is 11.8 Å². The molecule has 84 valence electrons. The van der Waals surface area contributed by atoms with Crippen molar-refractivity contribution >= 4 is 0 Å². The average Bonchev–Trinajstić information content (AvgIpc) is 2.59. The minimum Gasteiger partial charge on any atom is -0.380 e. The van der Waals surface area contributed by atoms with Gasteiger partial charge in [-0.2, -0.15) is 0 Å². The molecule has 0 spiro atoms. The fraction of sp³-hybridized carbons (Fsp3) is 0.692. The summed E-state index contributed by atoms with van der Waals surface area (Å²) in [5, 5.41) is 3.57. The Labute approximate surface area is 92.4 Å². The van der Waals surface area contributed by atoms with Crippen molar-refractivity contribution < 1.29 is 4.74 Å². The number of allylic oxidation sites excluding steroid dienone is 1. The molecule has 1 fully saturated rings. The molecule has 15 heavy (non-hydrogen) atoms. The van der Waals surface area contributed by atoms with Gasteiger partial charge in [0.15, 0.2) is 0 Å². The fourth-order valence-corrected chi connectivity index (χ4v) is 2.53. The minimum absolute atomic E-state index is 0.719. The molecule has 2 rings (SSSR count). The monoisotopic (exact) mass is 207 g/mol. The molecule has 2 nitrogen and oxygen atoms in total. The van der Waals surface area contributed by atoms with Crippen LogP contribution >= 0.6 is 0 Å². The largest absolute Gasteiger partial charge is 0.380 e. The van der Waals surface area contributed by atoms with Crippen LogP contribution in [0.4, 0.5) is 0 Å². The van der Waals surface area contributed by atoms with Crippen LogP contribution in [0.15, 0.2) is 24.8 Å². The number of hydrogen-bond acceptors (Lipinski definition) is 2. The Morgan fingerprint density at radius 1 is 1.47 bits per heavy atom. The van der Waals surface area contributed by atoms with E-state index in [1.54, 1.807) is 0 Å². The van der Waals surface area contributed by atoms with E-state index >= 15 is 0 Å². The molecule has 0 aliphatic heterocycles. The summed E-state index contributed by atoms with van der Waals surface area (Å²) >= 11 is 0. The van der Waals surface area contributed by atoms with Gasteiger partial charge in [-0.15, -0.1) is 6.58 Å². The second-order valence-corrected chi connectivity index (χ2v) is 4.49. The van der Waals surface area contributed by atoms with Gasteiger partial charge in [-0.3, -0.25) is 0 Å². The maximum atomic E-state index is 5.45. The van der Waals surface area contributed by atoms with Crippen molar-refractivity contribution in [2.45, 2.75) is 25.3 Å². The Kier molecular flexibility index (Phi) is 3.98. The molecule has 0 aromatic heterocycles. The Hall–Kier alpha value is -0.600. The molecule has 0 amide bonds. The third-order valence-electron chi connectivity index (χ3n) is 3.48. The predicted octanol–water partition coefficient (Wildman–Crippen LogP) is 2.13. The molecule has 0 heterocycles. The van der Waals surface area contributed by atoms with E-state index in [0.29, 0.717) is 0 Å². The van der Waals surface area contributed by atoms with Crippen LogP contribution in [-0.2, 0) is 4.74 Å². The van der Waals surface area contributed by atoms with E-state index in [-0.39, 0.29) is 0 Å². The highest BCUT2D eigenvalue weighted by Crippen LogP contribution is 2.42. The first-order chi connectivity index (χ1) is 7.42. The zero-order valence-corrected chi connectivity index (χ0v) is 9.32. The lowest BCUT2D eigenvalue weighted by atomic mass is 9.71. The highest BCUT2D eigenvalue weighted by atomic mass is 16.5. The predicted molar refractivity (Wildman–Crippen MR) is 62.8 cm³/mol. The van der Waals surface area contributed by atoms with Gasteiger partial charge in [0.1, 0.15) is 0 Å². The van der Waals surface area contributed by atoms with E-state index in [9.17, 15) is 0 Å². The van der Waals surface area contributed by atoms with E-state index in [1.807, 2.05) is 6.08 Å². The van der Waals surface area contributed by atoms with Gasteiger partial charge in [-0.25, -0.2) is 0 Å². The summed E-state index contributed by atoms with van der Waals surface area (Å²) in [6.07, 6.45) is 10.2. The van der Waals surface area contributed by atoms with Gasteiger partial charge in [-0.05, 0) is 31.1 Å². The second-order valence-electron chi connectivity index (χ2n) is 4.49. The fourth-order valence-electron chi connectivity index (χ4n) is 2.53. The van der Waals surface area contributed by atoms with Crippen molar-refractivity contribution in [3.63, 3.8) is 0 Å². The molecule has 2 aliphatic rings. The maximum absolute atomic E-state index is 5.45. The van der Waals surface area contributed by atoms with Gasteiger partial charge >= 0.3 is 0 Å². The van der Waals surface area contributed by atoms with Gasteiger partial charge in [-0.1, -0.05) is 18.2 Å². The Morgan fingerprint density at radius 2 is 2.40 bits per heavy atom. The van der Waals surface area contributed by atoms with E-state index in [4.69, 9.17) is 4.74 Å². The van der Waals surface area contributed by atoms with Gasteiger partial charge in [0.2, 0.25) is 0 Å². The van der Waals surface area contributed by atoms with Crippen molar-refractivity contribution in [1.82, 2.24) is 5.32 Å². The molecule has 1 N–H and O–H groups in total.